The Labute approximate surface area is 790 Å². The van der Waals surface area contributed by atoms with Crippen LogP contribution in [0.5, 0.6) is 63.2 Å². The maximum atomic E-state index is 15.7. The Morgan fingerprint density at radius 1 is 0.235 bits per heavy atom. The molecule has 0 fully saturated rings. The van der Waals surface area contributed by atoms with Crippen molar-refractivity contribution in [3.63, 3.8) is 0 Å². The molecule has 0 saturated heterocycles. The lowest BCUT2D eigenvalue weighted by Gasteiger charge is -2.20. The van der Waals surface area contributed by atoms with Crippen LogP contribution in [0, 0.1) is 17.0 Å². The van der Waals surface area contributed by atoms with Gasteiger partial charge in [0.1, 0.15) is 57.5 Å². The maximum Gasteiger partial charge on any atom is 0.312 e. The van der Waals surface area contributed by atoms with Crippen LogP contribution in [0.2, 0.25) is 0 Å². The number of benzene rings is 6. The number of carbonyl (C=O) groups excluding carboxylic acids is 5. The number of nitro groups is 1. The van der Waals surface area contributed by atoms with E-state index in [1.807, 2.05) is 13.0 Å². The fraction of sp³-hybridized carbons (Fsp3) is 0.620. The third-order valence-electron chi connectivity index (χ3n) is 24.3. The minimum Gasteiger partial charge on any atom is -0.496 e. The van der Waals surface area contributed by atoms with Gasteiger partial charge in [-0.15, -0.1) is 0 Å². The van der Waals surface area contributed by atoms with E-state index in [0.717, 1.165) is 134 Å². The Kier molecular flexibility index (Phi) is 56.2. The Hall–Kier alpha value is -10.1. The molecule has 0 radical (unpaired) electrons. The zero-order valence-electron chi connectivity index (χ0n) is 82.7. The zero-order valence-corrected chi connectivity index (χ0v) is 82.7. The molecular weight excluding hydrogens is 1670 g/mol. The molecule has 0 aliphatic rings. The lowest BCUT2D eigenvalue weighted by Crippen LogP contribution is -2.20. The molecule has 5 amide bonds. The molecular formula is C108H164N6O18. The predicted molar refractivity (Wildman–Crippen MR) is 536 cm³/mol. The molecule has 0 aliphatic heterocycles. The van der Waals surface area contributed by atoms with Gasteiger partial charge in [-0.1, -0.05) is 330 Å². The van der Waals surface area contributed by atoms with E-state index in [1.54, 1.807) is 30.3 Å². The van der Waals surface area contributed by atoms with Crippen LogP contribution < -0.4 is 78.7 Å². The van der Waals surface area contributed by atoms with Crippen molar-refractivity contribution in [3.8, 4) is 63.2 Å². The van der Waals surface area contributed by atoms with Crippen molar-refractivity contribution >= 4 is 63.7 Å². The largest absolute Gasteiger partial charge is 0.496 e. The summed E-state index contributed by atoms with van der Waals surface area (Å²) in [6.45, 7) is 14.3. The van der Waals surface area contributed by atoms with E-state index in [9.17, 15) is 19.7 Å². The minimum absolute atomic E-state index is 0.0176. The van der Waals surface area contributed by atoms with Gasteiger partial charge in [-0.2, -0.15) is 0 Å². The second-order valence-electron chi connectivity index (χ2n) is 35.1. The SMILES string of the molecule is CCCCCCCCCCCCOc1cc(OC)c(C(=O)Nc2cc(C)ccc2OC)cc1NC(=O)c1cc(NC(=O)c2cc(NC(=O)c3cc(NC(=O)c4cc([N+](=O)[O-])c(OCCCCCCCCCCCC)cc4OC)c(OCCCCCCCCCCCC)cc3OC)c(OCCCCCCCCCCCC)cc2OC)c(OCCCCCCCCCCCC)cc1OC. The molecule has 5 N–H and O–H groups in total. The number of methoxy groups -OCH3 is 6. The van der Waals surface area contributed by atoms with Crippen LogP contribution in [0.15, 0.2) is 78.9 Å². The number of hydrogen-bond acceptors (Lipinski definition) is 18. The van der Waals surface area contributed by atoms with Crippen LogP contribution >= 0.6 is 0 Å². The molecule has 0 aromatic heterocycles. The van der Waals surface area contributed by atoms with Crippen molar-refractivity contribution in [2.45, 2.75) is 363 Å². The van der Waals surface area contributed by atoms with Crippen LogP contribution in [0.3, 0.4) is 0 Å². The molecule has 6 aromatic carbocycles. The fourth-order valence-electron chi connectivity index (χ4n) is 16.4. The number of nitrogens with one attached hydrogen (secondary N) is 5. The molecule has 0 bridgehead atoms. The highest BCUT2D eigenvalue weighted by molar-refractivity contribution is 6.14. The van der Waals surface area contributed by atoms with Crippen molar-refractivity contribution in [1.82, 2.24) is 0 Å². The van der Waals surface area contributed by atoms with E-state index >= 15 is 14.4 Å². The number of aryl methyl sites for hydroxylation is 1. The number of hydrogen-bond donors (Lipinski definition) is 5. The molecule has 6 rings (SSSR count). The van der Waals surface area contributed by atoms with Gasteiger partial charge in [0.15, 0.2) is 0 Å². The first-order chi connectivity index (χ1) is 64.4. The molecule has 24 nitrogen and oxygen atoms in total. The van der Waals surface area contributed by atoms with Crippen molar-refractivity contribution in [2.75, 3.05) is 102 Å². The Morgan fingerprint density at radius 2 is 0.417 bits per heavy atom. The average Bonchev–Trinajstić information content (AvgIpc) is 0.788. The van der Waals surface area contributed by atoms with E-state index in [1.165, 1.54) is 252 Å². The Bertz CT molecular complexity index is 4340. The third-order valence-corrected chi connectivity index (χ3v) is 24.3. The quantitative estimate of drug-likeness (QED) is 0.0135. The van der Waals surface area contributed by atoms with Gasteiger partial charge in [0.05, 0.1) is 137 Å². The summed E-state index contributed by atoms with van der Waals surface area (Å²) >= 11 is 0. The van der Waals surface area contributed by atoms with Crippen LogP contribution in [-0.2, 0) is 0 Å². The molecule has 0 unspecified atom stereocenters. The first kappa shape index (κ1) is 111. The Balaban J connectivity index is 1.42. The number of amides is 5. The Morgan fingerprint density at radius 3 is 0.621 bits per heavy atom. The molecule has 132 heavy (non-hydrogen) atoms. The van der Waals surface area contributed by atoms with Crippen molar-refractivity contribution in [3.05, 3.63) is 122 Å². The number of nitro benzene ring substituents is 1. The zero-order chi connectivity index (χ0) is 95.1. The standard InChI is InChI=1S/C108H164N6O18/c1-13-18-23-28-33-38-43-48-53-58-65-128-99-76-94(123-8)82(104(115)109-87-70-81(6)63-64-93(87)122-7)71-88(99)110-105(116)83-72-89(100(77-95(83)124-9)129-66-59-54-49-44-39-34-29-24-19-14-2)111-106(117)84-73-90(101(78-96(84)125-10)130-67-60-55-50-45-40-35-30-25-20-15-3)112-107(118)85-74-91(102(79-97(85)126-11)131-68-61-56-51-46-41-36-31-26-21-16-4)113-108(119)86-75-92(114(120)121)103(80-98(86)127-12)132-69-62-57-52-47-42-37-32-27-22-17-5/h63-64,70-80H,13-62,65-69H2,1-12H3,(H,109,115)(H,110,116)(H,111,117)(H,112,118)(H,113,119). The molecule has 734 valence electrons. The second-order valence-corrected chi connectivity index (χ2v) is 35.1. The minimum atomic E-state index is -0.802. The van der Waals surface area contributed by atoms with Gasteiger partial charge >= 0.3 is 5.69 Å². The number of anilines is 5. The fourth-order valence-corrected chi connectivity index (χ4v) is 16.4. The molecule has 0 saturated carbocycles. The monoisotopic (exact) mass is 1830 g/mol. The maximum absolute atomic E-state index is 15.7. The number of unbranched alkanes of at least 4 members (excludes halogenated alkanes) is 45. The third kappa shape index (κ3) is 40.8. The molecule has 24 heteroatoms. The van der Waals surface area contributed by atoms with Gasteiger partial charge in [0.25, 0.3) is 29.5 Å². The second kappa shape index (κ2) is 67.1. The topological polar surface area (TPSA) is 290 Å². The summed E-state index contributed by atoms with van der Waals surface area (Å²) in [5.41, 5.74) is 0.953. The molecule has 0 heterocycles. The average molecular weight is 1830 g/mol. The lowest BCUT2D eigenvalue weighted by atomic mass is 10.1. The smallest absolute Gasteiger partial charge is 0.312 e. The number of rotatable bonds is 77. The van der Waals surface area contributed by atoms with Crippen LogP contribution in [0.1, 0.15) is 413 Å². The van der Waals surface area contributed by atoms with Gasteiger partial charge in [-0.05, 0) is 81.0 Å². The summed E-state index contributed by atoms with van der Waals surface area (Å²) in [6, 6.07) is 20.0. The number of ether oxygens (including phenoxy) is 11. The highest BCUT2D eigenvalue weighted by Gasteiger charge is 2.30. The van der Waals surface area contributed by atoms with Gasteiger partial charge in [0, 0.05) is 36.4 Å². The number of carbonyl (C=O) groups is 5. The lowest BCUT2D eigenvalue weighted by molar-refractivity contribution is -0.385. The molecule has 6 aromatic rings. The van der Waals surface area contributed by atoms with E-state index in [2.05, 4.69) is 61.2 Å². The van der Waals surface area contributed by atoms with Gasteiger partial charge < -0.3 is 78.7 Å². The first-order valence-corrected chi connectivity index (χ1v) is 50.5. The first-order valence-electron chi connectivity index (χ1n) is 50.5. The summed E-state index contributed by atoms with van der Waals surface area (Å²) in [4.78, 5) is 88.5. The summed E-state index contributed by atoms with van der Waals surface area (Å²) in [5.74, 6) is -1.91. The van der Waals surface area contributed by atoms with Crippen molar-refractivity contribution < 1.29 is 81.0 Å². The molecule has 0 aliphatic carbocycles. The summed E-state index contributed by atoms with van der Waals surface area (Å²) in [5, 5.41) is 27.9. The van der Waals surface area contributed by atoms with E-state index < -0.39 is 40.1 Å². The summed E-state index contributed by atoms with van der Waals surface area (Å²) in [6.07, 6.45) is 55.0. The molecule has 0 atom stereocenters. The van der Waals surface area contributed by atoms with Gasteiger partial charge in [0.2, 0.25) is 5.75 Å². The van der Waals surface area contributed by atoms with Crippen molar-refractivity contribution in [1.29, 1.82) is 0 Å². The summed E-state index contributed by atoms with van der Waals surface area (Å²) in [7, 11) is 8.62. The van der Waals surface area contributed by atoms with Crippen LogP contribution in [-0.4, -0.2) is 110 Å². The summed E-state index contributed by atoms with van der Waals surface area (Å²) < 4.78 is 67.8. The van der Waals surface area contributed by atoms with E-state index in [-0.39, 0.29) is 134 Å². The predicted octanol–water partition coefficient (Wildman–Crippen LogP) is 29.7. The highest BCUT2D eigenvalue weighted by atomic mass is 16.6. The van der Waals surface area contributed by atoms with Gasteiger partial charge in [-0.3, -0.25) is 34.1 Å². The van der Waals surface area contributed by atoms with E-state index in [0.29, 0.717) is 43.7 Å². The van der Waals surface area contributed by atoms with Crippen LogP contribution in [0.4, 0.5) is 34.1 Å². The normalized spacial score (nSPS) is 11.1. The molecule has 0 spiro atoms. The van der Waals surface area contributed by atoms with Crippen molar-refractivity contribution in [2.24, 2.45) is 0 Å². The van der Waals surface area contributed by atoms with E-state index in [4.69, 9.17) is 52.1 Å². The highest BCUT2D eigenvalue weighted by Crippen LogP contribution is 2.43. The number of nitrogens with zero attached hydrogens (tertiary/aromatic N) is 1. The van der Waals surface area contributed by atoms with Gasteiger partial charge in [-0.25, -0.2) is 0 Å². The van der Waals surface area contributed by atoms with Crippen LogP contribution in [0.25, 0.3) is 0 Å².